The van der Waals surface area contributed by atoms with Crippen molar-refractivity contribution in [2.24, 2.45) is 0 Å². The van der Waals surface area contributed by atoms with Gasteiger partial charge in [-0.15, -0.1) is 0 Å². The minimum atomic E-state index is -0.996. The van der Waals surface area contributed by atoms with Gasteiger partial charge in [-0.1, -0.05) is 37.5 Å². The van der Waals surface area contributed by atoms with Crippen LogP contribution in [0, 0.1) is 0 Å². The number of hydrogen-bond donors (Lipinski definition) is 3. The molecule has 1 aromatic rings. The van der Waals surface area contributed by atoms with Crippen molar-refractivity contribution in [2.75, 3.05) is 26.9 Å². The standard InChI is InChI=1S/C24H32N2O6/c1-31-14-20(28)26(15-7-3-2-4-8-15)18-13-17(24(30)25-11-12-27)21-16-9-5-6-10-19(16)32-23(21)22(18)29/h5-6,9-10,13,15,18,21-23,27,29H,2-4,7-8,11-12,14H2,1H3,(H,25,30)/t18-,21+,22+,23+/m1/s1. The maximum absolute atomic E-state index is 13.1. The van der Waals surface area contributed by atoms with E-state index in [9.17, 15) is 19.8 Å². The summed E-state index contributed by atoms with van der Waals surface area (Å²) in [5.41, 5.74) is 1.29. The van der Waals surface area contributed by atoms with Crippen molar-refractivity contribution in [3.8, 4) is 5.75 Å². The molecule has 0 radical (unpaired) electrons. The van der Waals surface area contributed by atoms with E-state index in [1.165, 1.54) is 7.11 Å². The van der Waals surface area contributed by atoms with Crippen molar-refractivity contribution >= 4 is 11.8 Å². The molecule has 174 valence electrons. The van der Waals surface area contributed by atoms with Gasteiger partial charge in [0.25, 0.3) is 0 Å². The molecular weight excluding hydrogens is 412 g/mol. The van der Waals surface area contributed by atoms with Crippen molar-refractivity contribution in [3.63, 3.8) is 0 Å². The lowest BCUT2D eigenvalue weighted by Gasteiger charge is -2.45. The van der Waals surface area contributed by atoms with Crippen LogP contribution in [0.5, 0.6) is 5.75 Å². The van der Waals surface area contributed by atoms with E-state index in [-0.39, 0.29) is 37.6 Å². The van der Waals surface area contributed by atoms with Crippen molar-refractivity contribution < 1.29 is 29.3 Å². The number of hydrogen-bond acceptors (Lipinski definition) is 6. The van der Waals surface area contributed by atoms with Gasteiger partial charge in [-0.2, -0.15) is 0 Å². The molecule has 1 aromatic carbocycles. The Balaban J connectivity index is 1.74. The Hall–Kier alpha value is -2.42. The first-order chi connectivity index (χ1) is 15.6. The first kappa shape index (κ1) is 22.8. The van der Waals surface area contributed by atoms with E-state index in [0.717, 1.165) is 37.7 Å². The van der Waals surface area contributed by atoms with Gasteiger partial charge in [0, 0.05) is 30.8 Å². The van der Waals surface area contributed by atoms with Crippen LogP contribution in [0.2, 0.25) is 0 Å². The topological polar surface area (TPSA) is 108 Å². The molecule has 1 fully saturated rings. The monoisotopic (exact) mass is 444 g/mol. The fraction of sp³-hybridized carbons (Fsp3) is 0.583. The SMILES string of the molecule is COCC(=O)N(C1CCCCC1)[C@@H]1C=C(C(=O)NCCO)[C@@H]2c3ccccc3O[C@@H]2[C@H]1O. The highest BCUT2D eigenvalue weighted by Crippen LogP contribution is 2.47. The van der Waals surface area contributed by atoms with Crippen LogP contribution < -0.4 is 10.1 Å². The molecule has 32 heavy (non-hydrogen) atoms. The molecule has 0 unspecified atom stereocenters. The minimum Gasteiger partial charge on any atom is -0.486 e. The van der Waals surface area contributed by atoms with E-state index in [1.54, 1.807) is 11.0 Å². The molecule has 0 bridgehead atoms. The highest BCUT2D eigenvalue weighted by molar-refractivity contribution is 5.96. The molecule has 3 N–H and O–H groups in total. The highest BCUT2D eigenvalue weighted by Gasteiger charge is 2.51. The van der Waals surface area contributed by atoms with Crippen LogP contribution in [0.3, 0.4) is 0 Å². The summed E-state index contributed by atoms with van der Waals surface area (Å²) < 4.78 is 11.3. The predicted molar refractivity (Wildman–Crippen MR) is 117 cm³/mol. The Morgan fingerprint density at radius 1 is 1.22 bits per heavy atom. The molecule has 8 heteroatoms. The number of amides is 2. The second-order valence-electron chi connectivity index (χ2n) is 8.71. The van der Waals surface area contributed by atoms with Crippen LogP contribution >= 0.6 is 0 Å². The van der Waals surface area contributed by atoms with Crippen molar-refractivity contribution in [3.05, 3.63) is 41.5 Å². The van der Waals surface area contributed by atoms with Crippen LogP contribution in [-0.2, 0) is 14.3 Å². The maximum atomic E-state index is 13.1. The molecule has 1 aliphatic heterocycles. The van der Waals surface area contributed by atoms with Crippen molar-refractivity contribution in [2.45, 2.75) is 62.3 Å². The van der Waals surface area contributed by atoms with Crippen LogP contribution in [0.15, 0.2) is 35.9 Å². The van der Waals surface area contributed by atoms with Gasteiger partial charge in [0.2, 0.25) is 11.8 Å². The maximum Gasteiger partial charge on any atom is 0.249 e. The van der Waals surface area contributed by atoms with E-state index in [2.05, 4.69) is 5.32 Å². The molecule has 2 amide bonds. The van der Waals surface area contributed by atoms with E-state index in [4.69, 9.17) is 9.47 Å². The lowest BCUT2D eigenvalue weighted by Crippen LogP contribution is -2.59. The Labute approximate surface area is 188 Å². The number of aliphatic hydroxyl groups excluding tert-OH is 2. The summed E-state index contributed by atoms with van der Waals surface area (Å²) in [4.78, 5) is 28.0. The number of benzene rings is 1. The number of carbonyl (C=O) groups is 2. The summed E-state index contributed by atoms with van der Waals surface area (Å²) in [6, 6.07) is 6.73. The Morgan fingerprint density at radius 3 is 2.69 bits per heavy atom. The van der Waals surface area contributed by atoms with Crippen molar-refractivity contribution in [1.29, 1.82) is 0 Å². The van der Waals surface area contributed by atoms with Crippen LogP contribution in [0.4, 0.5) is 0 Å². The number of carbonyl (C=O) groups excluding carboxylic acids is 2. The Kier molecular flexibility index (Phi) is 7.13. The van der Waals surface area contributed by atoms with E-state index in [0.29, 0.717) is 11.3 Å². The zero-order valence-corrected chi connectivity index (χ0v) is 18.4. The summed E-state index contributed by atoms with van der Waals surface area (Å²) in [6.07, 6.45) is 4.93. The average molecular weight is 445 g/mol. The first-order valence-electron chi connectivity index (χ1n) is 11.4. The zero-order valence-electron chi connectivity index (χ0n) is 18.4. The second-order valence-corrected chi connectivity index (χ2v) is 8.71. The number of nitrogens with one attached hydrogen (secondary N) is 1. The summed E-state index contributed by atoms with van der Waals surface area (Å²) in [5.74, 6) is -0.338. The molecule has 0 spiro atoms. The molecule has 4 atom stereocenters. The van der Waals surface area contributed by atoms with Gasteiger partial charge in [-0.3, -0.25) is 9.59 Å². The lowest BCUT2D eigenvalue weighted by molar-refractivity contribution is -0.145. The van der Waals surface area contributed by atoms with Gasteiger partial charge in [-0.05, 0) is 25.0 Å². The highest BCUT2D eigenvalue weighted by atomic mass is 16.5. The lowest BCUT2D eigenvalue weighted by atomic mass is 9.77. The molecule has 0 saturated heterocycles. The molecule has 1 heterocycles. The zero-order chi connectivity index (χ0) is 22.7. The number of nitrogens with zero attached hydrogens (tertiary/aromatic N) is 1. The number of aliphatic hydroxyl groups is 2. The van der Waals surface area contributed by atoms with E-state index >= 15 is 0 Å². The summed E-state index contributed by atoms with van der Waals surface area (Å²) in [7, 11) is 1.48. The molecule has 2 aliphatic carbocycles. The van der Waals surface area contributed by atoms with E-state index < -0.39 is 24.2 Å². The fourth-order valence-corrected chi connectivity index (χ4v) is 5.33. The van der Waals surface area contributed by atoms with Gasteiger partial charge in [-0.25, -0.2) is 0 Å². The van der Waals surface area contributed by atoms with Gasteiger partial charge in [0.05, 0.1) is 18.6 Å². The normalized spacial score (nSPS) is 27.0. The number of fused-ring (bicyclic) bond motifs is 3. The molecular formula is C24H32N2O6. The third kappa shape index (κ3) is 4.27. The number of methoxy groups -OCH3 is 1. The smallest absolute Gasteiger partial charge is 0.249 e. The first-order valence-corrected chi connectivity index (χ1v) is 11.4. The van der Waals surface area contributed by atoms with Gasteiger partial charge < -0.3 is 29.9 Å². The molecule has 0 aromatic heterocycles. The van der Waals surface area contributed by atoms with Gasteiger partial charge in [0.1, 0.15) is 24.6 Å². The number of rotatable bonds is 7. The predicted octanol–water partition coefficient (Wildman–Crippen LogP) is 1.12. The van der Waals surface area contributed by atoms with Crippen molar-refractivity contribution in [1.82, 2.24) is 10.2 Å². The summed E-state index contributed by atoms with van der Waals surface area (Å²) in [6.45, 7) is -0.139. The molecule has 8 nitrogen and oxygen atoms in total. The molecule has 3 aliphatic rings. The van der Waals surface area contributed by atoms with Crippen LogP contribution in [0.1, 0.15) is 43.6 Å². The third-order valence-electron chi connectivity index (χ3n) is 6.72. The quantitative estimate of drug-likeness (QED) is 0.582. The van der Waals surface area contributed by atoms with Crippen LogP contribution in [0.25, 0.3) is 0 Å². The summed E-state index contributed by atoms with van der Waals surface area (Å²) in [5, 5.41) is 23.3. The van der Waals surface area contributed by atoms with Gasteiger partial charge in [0.15, 0.2) is 0 Å². The van der Waals surface area contributed by atoms with E-state index in [1.807, 2.05) is 24.3 Å². The summed E-state index contributed by atoms with van der Waals surface area (Å²) >= 11 is 0. The largest absolute Gasteiger partial charge is 0.486 e. The number of para-hydroxylation sites is 1. The minimum absolute atomic E-state index is 0.0237. The Morgan fingerprint density at radius 2 is 1.97 bits per heavy atom. The third-order valence-corrected chi connectivity index (χ3v) is 6.72. The molecule has 4 rings (SSSR count). The second kappa shape index (κ2) is 10.0. The average Bonchev–Trinajstić information content (AvgIpc) is 3.20. The fourth-order valence-electron chi connectivity index (χ4n) is 5.33. The number of ether oxygens (including phenoxy) is 2. The van der Waals surface area contributed by atoms with Gasteiger partial charge >= 0.3 is 0 Å². The molecule has 1 saturated carbocycles. The van der Waals surface area contributed by atoms with Crippen LogP contribution in [-0.4, -0.2) is 78.1 Å². The Bertz CT molecular complexity index is 866.